The molecule has 0 aromatic carbocycles. The molecular weight excluding hydrogens is 380 g/mol. The summed E-state index contributed by atoms with van der Waals surface area (Å²) < 4.78 is 0. The van der Waals surface area contributed by atoms with Gasteiger partial charge in [-0.05, 0) is 102 Å². The van der Waals surface area contributed by atoms with Gasteiger partial charge in [-0.25, -0.2) is 0 Å². The monoisotopic (exact) mass is 432 g/mol. The molecule has 0 bridgehead atoms. The molecule has 0 aromatic rings. The fourth-order valence-electron chi connectivity index (χ4n) is 6.95. The maximum Gasteiger partial charge on any atom is 0.0121 e. The van der Waals surface area contributed by atoms with Crippen molar-refractivity contribution in [2.75, 3.05) is 65.4 Å². The number of hydrogen-bond donors (Lipinski definition) is 0. The van der Waals surface area contributed by atoms with Crippen LogP contribution in [0, 0.1) is 16.7 Å². The lowest BCUT2D eigenvalue weighted by Crippen LogP contribution is -2.55. The van der Waals surface area contributed by atoms with Crippen molar-refractivity contribution < 1.29 is 0 Å². The highest BCUT2D eigenvalue weighted by Gasteiger charge is 2.45. The van der Waals surface area contributed by atoms with E-state index in [1.165, 1.54) is 110 Å². The first kappa shape index (κ1) is 24.0. The zero-order valence-electron chi connectivity index (χ0n) is 21.5. The van der Waals surface area contributed by atoms with Gasteiger partial charge in [-0.3, -0.25) is 9.80 Å². The lowest BCUT2D eigenvalue weighted by molar-refractivity contribution is 0.0241. The topological polar surface area (TPSA) is 13.0 Å². The Balaban J connectivity index is 1.16. The van der Waals surface area contributed by atoms with Gasteiger partial charge < -0.3 is 9.80 Å². The SMILES string of the molecule is CC(C)CC1(CN2CCC(C)(CN3CCC(N4CCN(C(C)C)CC4)CC3)CC2)CC1. The smallest absolute Gasteiger partial charge is 0.0121 e. The largest absolute Gasteiger partial charge is 0.303 e. The summed E-state index contributed by atoms with van der Waals surface area (Å²) in [7, 11) is 0. The first-order valence-electron chi connectivity index (χ1n) is 13.7. The molecule has 0 unspecified atom stereocenters. The molecule has 0 radical (unpaired) electrons. The molecule has 0 amide bonds. The Kier molecular flexibility index (Phi) is 7.73. The van der Waals surface area contributed by atoms with E-state index in [4.69, 9.17) is 0 Å². The highest BCUT2D eigenvalue weighted by Crippen LogP contribution is 2.51. The van der Waals surface area contributed by atoms with Gasteiger partial charge in [0.15, 0.2) is 0 Å². The van der Waals surface area contributed by atoms with E-state index in [-0.39, 0.29) is 0 Å². The van der Waals surface area contributed by atoms with Gasteiger partial charge in [0.1, 0.15) is 0 Å². The Morgan fingerprint density at radius 2 is 1.29 bits per heavy atom. The lowest BCUT2D eigenvalue weighted by atomic mass is 9.79. The van der Waals surface area contributed by atoms with E-state index in [1.54, 1.807) is 0 Å². The third-order valence-electron chi connectivity index (χ3n) is 9.18. The van der Waals surface area contributed by atoms with Crippen LogP contribution in [0.25, 0.3) is 0 Å². The van der Waals surface area contributed by atoms with Crippen LogP contribution in [-0.2, 0) is 0 Å². The molecule has 3 heterocycles. The Labute approximate surface area is 193 Å². The minimum Gasteiger partial charge on any atom is -0.303 e. The second-order valence-electron chi connectivity index (χ2n) is 12.9. The van der Waals surface area contributed by atoms with Crippen molar-refractivity contribution in [3.8, 4) is 0 Å². The molecule has 0 spiro atoms. The molecule has 3 saturated heterocycles. The van der Waals surface area contributed by atoms with Crippen LogP contribution < -0.4 is 0 Å². The summed E-state index contributed by atoms with van der Waals surface area (Å²) in [5.41, 5.74) is 1.24. The van der Waals surface area contributed by atoms with Gasteiger partial charge in [-0.1, -0.05) is 20.8 Å². The second kappa shape index (κ2) is 9.99. The molecule has 4 nitrogen and oxygen atoms in total. The van der Waals surface area contributed by atoms with E-state index >= 15 is 0 Å². The summed E-state index contributed by atoms with van der Waals surface area (Å²) in [4.78, 5) is 11.1. The molecule has 4 rings (SSSR count). The number of hydrogen-bond acceptors (Lipinski definition) is 4. The summed E-state index contributed by atoms with van der Waals surface area (Å²) in [6.07, 6.45) is 10.0. The van der Waals surface area contributed by atoms with Crippen molar-refractivity contribution in [1.29, 1.82) is 0 Å². The van der Waals surface area contributed by atoms with Crippen LogP contribution in [0.2, 0.25) is 0 Å². The predicted molar refractivity (Wildman–Crippen MR) is 133 cm³/mol. The van der Waals surface area contributed by atoms with Crippen molar-refractivity contribution in [3.63, 3.8) is 0 Å². The van der Waals surface area contributed by atoms with Crippen molar-refractivity contribution in [2.45, 2.75) is 91.6 Å². The van der Waals surface area contributed by atoms with Gasteiger partial charge in [0, 0.05) is 51.4 Å². The van der Waals surface area contributed by atoms with E-state index in [9.17, 15) is 0 Å². The van der Waals surface area contributed by atoms with Crippen LogP contribution in [0.5, 0.6) is 0 Å². The van der Waals surface area contributed by atoms with Gasteiger partial charge in [-0.2, -0.15) is 0 Å². The summed E-state index contributed by atoms with van der Waals surface area (Å²) >= 11 is 0. The Hall–Kier alpha value is -0.160. The van der Waals surface area contributed by atoms with E-state index in [1.807, 2.05) is 0 Å². The zero-order valence-corrected chi connectivity index (χ0v) is 21.5. The molecule has 1 aliphatic carbocycles. The van der Waals surface area contributed by atoms with Crippen LogP contribution in [-0.4, -0.2) is 97.1 Å². The Bertz CT molecular complexity index is 546. The quantitative estimate of drug-likeness (QED) is 0.563. The summed E-state index contributed by atoms with van der Waals surface area (Å²) in [5, 5.41) is 0. The predicted octanol–water partition coefficient (Wildman–Crippen LogP) is 4.41. The number of likely N-dealkylation sites (tertiary alicyclic amines) is 2. The first-order valence-corrected chi connectivity index (χ1v) is 13.7. The molecule has 31 heavy (non-hydrogen) atoms. The van der Waals surface area contributed by atoms with Crippen LogP contribution in [0.15, 0.2) is 0 Å². The van der Waals surface area contributed by atoms with Crippen molar-refractivity contribution in [3.05, 3.63) is 0 Å². The third kappa shape index (κ3) is 6.46. The molecule has 0 atom stereocenters. The number of rotatable bonds is 8. The van der Waals surface area contributed by atoms with Crippen LogP contribution in [0.3, 0.4) is 0 Å². The van der Waals surface area contributed by atoms with E-state index in [0.29, 0.717) is 16.9 Å². The van der Waals surface area contributed by atoms with Crippen LogP contribution >= 0.6 is 0 Å². The fourth-order valence-corrected chi connectivity index (χ4v) is 6.95. The van der Waals surface area contributed by atoms with Gasteiger partial charge in [0.05, 0.1) is 0 Å². The van der Waals surface area contributed by atoms with Gasteiger partial charge in [0.2, 0.25) is 0 Å². The molecule has 180 valence electrons. The van der Waals surface area contributed by atoms with E-state index in [0.717, 1.165) is 12.0 Å². The maximum absolute atomic E-state index is 2.82. The van der Waals surface area contributed by atoms with Gasteiger partial charge in [0.25, 0.3) is 0 Å². The average Bonchev–Trinajstić information content (AvgIpc) is 3.48. The normalized spacial score (nSPS) is 29.1. The van der Waals surface area contributed by atoms with Gasteiger partial charge in [-0.15, -0.1) is 0 Å². The zero-order chi connectivity index (χ0) is 22.1. The van der Waals surface area contributed by atoms with E-state index in [2.05, 4.69) is 54.2 Å². The Morgan fingerprint density at radius 3 is 1.81 bits per heavy atom. The molecular formula is C27H52N4. The van der Waals surface area contributed by atoms with Crippen molar-refractivity contribution in [1.82, 2.24) is 19.6 Å². The number of nitrogens with zero attached hydrogens (tertiary/aromatic N) is 4. The molecule has 4 fully saturated rings. The molecule has 0 aromatic heterocycles. The average molecular weight is 433 g/mol. The fraction of sp³-hybridized carbons (Fsp3) is 1.00. The first-order chi connectivity index (χ1) is 14.8. The molecule has 3 aliphatic heterocycles. The molecule has 4 aliphatic rings. The molecule has 0 N–H and O–H groups in total. The number of piperazine rings is 1. The summed E-state index contributed by atoms with van der Waals surface area (Å²) in [5.74, 6) is 0.861. The van der Waals surface area contributed by atoms with Crippen LogP contribution in [0.1, 0.15) is 79.6 Å². The second-order valence-corrected chi connectivity index (χ2v) is 12.9. The highest BCUT2D eigenvalue weighted by atomic mass is 15.3. The van der Waals surface area contributed by atoms with Gasteiger partial charge >= 0.3 is 0 Å². The minimum absolute atomic E-state index is 0.543. The maximum atomic E-state index is 2.82. The molecule has 4 heteroatoms. The van der Waals surface area contributed by atoms with Crippen molar-refractivity contribution in [2.24, 2.45) is 16.7 Å². The Morgan fingerprint density at radius 1 is 0.710 bits per heavy atom. The van der Waals surface area contributed by atoms with E-state index < -0.39 is 0 Å². The molecule has 1 saturated carbocycles. The lowest BCUT2D eigenvalue weighted by Gasteiger charge is -2.47. The summed E-state index contributed by atoms with van der Waals surface area (Å²) in [6.45, 7) is 25.2. The van der Waals surface area contributed by atoms with Crippen LogP contribution in [0.4, 0.5) is 0 Å². The minimum atomic E-state index is 0.543. The highest BCUT2D eigenvalue weighted by molar-refractivity contribution is 4.98. The van der Waals surface area contributed by atoms with Crippen molar-refractivity contribution >= 4 is 0 Å². The summed E-state index contributed by atoms with van der Waals surface area (Å²) in [6, 6.07) is 1.55. The number of piperidine rings is 2. The standard InChI is InChI=1S/C27H52N4/c1-23(2)20-27(8-9-27)22-29-14-10-26(5,11-15-29)21-28-12-6-25(7-13-28)31-18-16-30(17-19-31)24(3)4/h23-25H,6-22H2,1-5H3. The third-order valence-corrected chi connectivity index (χ3v) is 9.18.